The van der Waals surface area contributed by atoms with Crippen molar-refractivity contribution in [3.63, 3.8) is 0 Å². The minimum absolute atomic E-state index is 0.0128. The Morgan fingerprint density at radius 1 is 1.00 bits per heavy atom. The fourth-order valence-electron chi connectivity index (χ4n) is 7.72. The highest BCUT2D eigenvalue weighted by Gasteiger charge is 2.64. The van der Waals surface area contributed by atoms with Gasteiger partial charge >= 0.3 is 0 Å². The summed E-state index contributed by atoms with van der Waals surface area (Å²) >= 11 is 0. The van der Waals surface area contributed by atoms with Crippen LogP contribution in [0.25, 0.3) is 17.9 Å². The molecule has 0 radical (unpaired) electrons. The molecule has 13 nitrogen and oxygen atoms in total. The molecule has 1 unspecified atom stereocenters. The maximum Gasteiger partial charge on any atom is 0.255 e. The van der Waals surface area contributed by atoms with E-state index in [1.54, 1.807) is 38.8 Å². The maximum absolute atomic E-state index is 14.3. The third kappa shape index (κ3) is 6.17. The molecule has 4 atom stereocenters. The van der Waals surface area contributed by atoms with Crippen molar-refractivity contribution in [3.05, 3.63) is 100 Å². The molecule has 6 N–H and O–H groups in total. The molecule has 3 aliphatic rings. The molecule has 1 aromatic carbocycles. The Morgan fingerprint density at radius 3 is 2.12 bits per heavy atom. The van der Waals surface area contributed by atoms with Crippen molar-refractivity contribution in [2.24, 2.45) is 17.6 Å². The summed E-state index contributed by atoms with van der Waals surface area (Å²) in [7, 11) is 6.81. The summed E-state index contributed by atoms with van der Waals surface area (Å²) < 4.78 is 10.8. The zero-order valence-corrected chi connectivity index (χ0v) is 28.9. The first-order valence-corrected chi connectivity index (χ1v) is 16.6. The van der Waals surface area contributed by atoms with E-state index in [0.29, 0.717) is 41.4 Å². The second kappa shape index (κ2) is 13.7. The number of anilines is 1. The molecule has 0 bridgehead atoms. The van der Waals surface area contributed by atoms with Gasteiger partial charge in [-0.1, -0.05) is 12.2 Å². The van der Waals surface area contributed by atoms with E-state index >= 15 is 0 Å². The molecule has 13 heteroatoms. The number of amides is 1. The number of furan rings is 2. The number of carbonyl (C=O) groups excluding carboxylic acids is 3. The summed E-state index contributed by atoms with van der Waals surface area (Å²) in [6.45, 7) is 1.15. The number of aliphatic hydroxyl groups is 3. The molecular formula is C38H42N4O9. The molecule has 0 saturated heterocycles. The number of aromatic hydroxyl groups is 1. The lowest BCUT2D eigenvalue weighted by molar-refractivity contribution is -0.153. The number of carbonyl (C=O) groups is 3. The van der Waals surface area contributed by atoms with Crippen LogP contribution < -0.4 is 10.6 Å². The maximum atomic E-state index is 14.3. The van der Waals surface area contributed by atoms with Crippen LogP contribution in [0.15, 0.2) is 80.7 Å². The van der Waals surface area contributed by atoms with E-state index in [9.17, 15) is 34.8 Å². The van der Waals surface area contributed by atoms with Gasteiger partial charge in [-0.2, -0.15) is 0 Å². The lowest BCUT2D eigenvalue weighted by Crippen LogP contribution is -2.65. The van der Waals surface area contributed by atoms with Gasteiger partial charge in [-0.05, 0) is 80.9 Å². The van der Waals surface area contributed by atoms with Gasteiger partial charge in [-0.3, -0.25) is 24.2 Å². The van der Waals surface area contributed by atoms with Crippen LogP contribution >= 0.6 is 0 Å². The predicted molar refractivity (Wildman–Crippen MR) is 189 cm³/mol. The number of fused-ring (bicyclic) bond motifs is 3. The summed E-state index contributed by atoms with van der Waals surface area (Å²) in [4.78, 5) is 45.5. The molecule has 2 aromatic heterocycles. The fraction of sp³-hybridized carbons (Fsp3) is 0.342. The molecule has 0 aliphatic heterocycles. The largest absolute Gasteiger partial charge is 0.508 e. The van der Waals surface area contributed by atoms with Crippen molar-refractivity contribution in [2.75, 3.05) is 46.2 Å². The Hall–Kier alpha value is -5.37. The van der Waals surface area contributed by atoms with E-state index in [1.807, 2.05) is 66.4 Å². The molecule has 1 fully saturated rings. The van der Waals surface area contributed by atoms with Crippen LogP contribution in [0.1, 0.15) is 34.6 Å². The highest BCUT2D eigenvalue weighted by atomic mass is 16.4. The van der Waals surface area contributed by atoms with Crippen molar-refractivity contribution in [3.8, 4) is 5.75 Å². The summed E-state index contributed by atoms with van der Waals surface area (Å²) in [5.74, 6) is -5.47. The summed E-state index contributed by atoms with van der Waals surface area (Å²) in [6, 6.07) is 7.96. The SMILES string of the molecule is CN(C)c1cc(CN(C/C=C/c2ccco2)C/C=C/c2ccco2)c(O)c2c1C[C@H]1C[C@H]3C(N(C)C)C(=O)C(C(N)=O)=C(O)[C@@]3(O)C(=O)C1=C2O. The van der Waals surface area contributed by atoms with Gasteiger partial charge in [0, 0.05) is 56.5 Å². The number of ketones is 2. The number of Topliss-reactive ketones (excluding diaryl/α,β-unsaturated/α-hetero) is 2. The Morgan fingerprint density at radius 2 is 1.61 bits per heavy atom. The van der Waals surface area contributed by atoms with Crippen LogP contribution in [0.4, 0.5) is 5.69 Å². The normalized spacial score (nSPS) is 23.5. The van der Waals surface area contributed by atoms with Crippen molar-refractivity contribution in [1.82, 2.24) is 9.80 Å². The minimum atomic E-state index is -2.71. The van der Waals surface area contributed by atoms with Crippen LogP contribution in [0, 0.1) is 11.8 Å². The molecular weight excluding hydrogens is 656 g/mol. The van der Waals surface area contributed by atoms with E-state index in [1.165, 1.54) is 4.90 Å². The van der Waals surface area contributed by atoms with Crippen LogP contribution in [0.2, 0.25) is 0 Å². The second-order valence-electron chi connectivity index (χ2n) is 13.6. The number of hydrogen-bond donors (Lipinski definition) is 5. The van der Waals surface area contributed by atoms with Gasteiger partial charge in [0.05, 0.1) is 24.1 Å². The number of nitrogens with zero attached hydrogens (tertiary/aromatic N) is 3. The highest BCUT2D eigenvalue weighted by molar-refractivity contribution is 6.24. The van der Waals surface area contributed by atoms with Gasteiger partial charge in [0.15, 0.2) is 11.4 Å². The van der Waals surface area contributed by atoms with Crippen LogP contribution in [-0.4, -0.2) is 101 Å². The molecule has 6 rings (SSSR count). The molecule has 3 aromatic rings. The van der Waals surface area contributed by atoms with Crippen molar-refractivity contribution >= 4 is 41.1 Å². The van der Waals surface area contributed by atoms with Gasteiger partial charge < -0.3 is 39.9 Å². The first-order chi connectivity index (χ1) is 24.2. The van der Waals surface area contributed by atoms with Crippen molar-refractivity contribution < 1.29 is 43.6 Å². The summed E-state index contributed by atoms with van der Waals surface area (Å²) in [6.07, 6.45) is 10.9. The topological polar surface area (TPSA) is 194 Å². The lowest BCUT2D eigenvalue weighted by Gasteiger charge is -2.50. The number of rotatable bonds is 11. The van der Waals surface area contributed by atoms with E-state index in [-0.39, 0.29) is 36.3 Å². The van der Waals surface area contributed by atoms with Crippen LogP contribution in [0.3, 0.4) is 0 Å². The number of aliphatic hydroxyl groups excluding tert-OH is 2. The zero-order valence-electron chi connectivity index (χ0n) is 28.9. The van der Waals surface area contributed by atoms with E-state index in [0.717, 1.165) is 0 Å². The van der Waals surface area contributed by atoms with Crippen molar-refractivity contribution in [1.29, 1.82) is 0 Å². The average Bonchev–Trinajstić information content (AvgIpc) is 3.78. The third-order valence-corrected chi connectivity index (χ3v) is 10.0. The molecule has 268 valence electrons. The van der Waals surface area contributed by atoms with Gasteiger partial charge in [0.1, 0.15) is 34.4 Å². The first-order valence-electron chi connectivity index (χ1n) is 16.6. The smallest absolute Gasteiger partial charge is 0.255 e. The molecule has 51 heavy (non-hydrogen) atoms. The standard InChI is InChI=1S/C38H42N4O9/c1-40(2)27-19-22(20-42(13-5-9-23-11-7-15-50-23)14-6-10-24-12-8-16-51-24)32(43)29-25(27)17-21-18-26-31(41(3)4)34(45)30(37(39)48)36(47)38(26,49)35(46)28(21)33(29)44/h5-12,15-16,19,21,26,31,43-44,47,49H,13-14,17-18,20H2,1-4H3,(H2,39,48)/b9-5+,10-6+/t21-,26-,31?,38-/m0/s1. The Kier molecular flexibility index (Phi) is 9.55. The number of phenolic OH excluding ortho intramolecular Hbond substituents is 1. The van der Waals surface area contributed by atoms with Crippen molar-refractivity contribution in [2.45, 2.75) is 31.0 Å². The Bertz CT molecular complexity index is 1920. The number of primary amides is 1. The lowest BCUT2D eigenvalue weighted by atomic mass is 9.57. The molecule has 1 saturated carbocycles. The van der Waals surface area contributed by atoms with E-state index in [2.05, 4.69) is 0 Å². The number of nitrogens with two attached hydrogens (primary N) is 1. The van der Waals surface area contributed by atoms with E-state index < -0.39 is 58.0 Å². The Balaban J connectivity index is 1.42. The minimum Gasteiger partial charge on any atom is -0.508 e. The Labute approximate surface area is 294 Å². The number of benzene rings is 1. The molecule has 0 spiro atoms. The summed E-state index contributed by atoms with van der Waals surface area (Å²) in [5.41, 5.74) is 3.51. The second-order valence-corrected chi connectivity index (χ2v) is 13.6. The highest BCUT2D eigenvalue weighted by Crippen LogP contribution is 2.54. The monoisotopic (exact) mass is 698 g/mol. The number of likely N-dealkylation sites (N-methyl/N-ethyl adjacent to an activating group) is 1. The van der Waals surface area contributed by atoms with E-state index in [4.69, 9.17) is 14.6 Å². The molecule has 2 heterocycles. The molecule has 1 amide bonds. The quantitative estimate of drug-likeness (QED) is 0.184. The third-order valence-electron chi connectivity index (χ3n) is 10.0. The van der Waals surface area contributed by atoms with Gasteiger partial charge in [-0.15, -0.1) is 0 Å². The van der Waals surface area contributed by atoms with Crippen LogP contribution in [0.5, 0.6) is 5.75 Å². The number of hydrogen-bond acceptors (Lipinski definition) is 12. The first kappa shape index (κ1) is 35.5. The average molecular weight is 699 g/mol. The summed E-state index contributed by atoms with van der Waals surface area (Å²) in [5, 5.41) is 46.9. The predicted octanol–water partition coefficient (Wildman–Crippen LogP) is 3.44. The van der Waals surface area contributed by atoms with Crippen LogP contribution in [-0.2, 0) is 27.3 Å². The van der Waals surface area contributed by atoms with Gasteiger partial charge in [0.2, 0.25) is 5.78 Å². The van der Waals surface area contributed by atoms with Gasteiger partial charge in [-0.25, -0.2) is 0 Å². The zero-order chi connectivity index (χ0) is 36.8. The number of phenols is 1. The fourth-order valence-corrected chi connectivity index (χ4v) is 7.72. The molecule has 3 aliphatic carbocycles. The van der Waals surface area contributed by atoms with Gasteiger partial charge in [0.25, 0.3) is 5.91 Å².